The predicted molar refractivity (Wildman–Crippen MR) is 123 cm³/mol. The zero-order valence-corrected chi connectivity index (χ0v) is 19.0. The van der Waals surface area contributed by atoms with Gasteiger partial charge in [0.05, 0.1) is 6.61 Å². The summed E-state index contributed by atoms with van der Waals surface area (Å²) in [7, 11) is 0. The zero-order chi connectivity index (χ0) is 25.8. The molecular weight excluding hydrogens is 470 g/mol. The summed E-state index contributed by atoms with van der Waals surface area (Å²) in [5.41, 5.74) is 11.0. The zero-order valence-electron chi connectivity index (χ0n) is 18.1. The van der Waals surface area contributed by atoms with Crippen molar-refractivity contribution in [1.82, 2.24) is 16.0 Å². The van der Waals surface area contributed by atoms with Crippen LogP contribution in [0, 0.1) is 0 Å². The number of amides is 4. The number of hydrogen-bond donors (Lipinski definition) is 9. The fourth-order valence-electron chi connectivity index (χ4n) is 2.72. The molecule has 10 N–H and O–H groups in total. The third-order valence-corrected chi connectivity index (χ3v) is 5.02. The Hall–Kier alpha value is -3.36. The standard InChI is InChI=1S/C20H29N5O8S/c21-12(8-26)17(29)25-15(9-34)19(31)23-13(5-6-16(22)28)18(30)24-14(20(32)33)7-10-1-3-11(27)4-2-10/h1-4,12-15,26-27,34H,5-9,21H2,(H2,22,28)(H,23,31)(H,24,30)(H,25,29)(H,32,33). The molecule has 0 saturated carbocycles. The number of rotatable bonds is 14. The van der Waals surface area contributed by atoms with Gasteiger partial charge >= 0.3 is 5.97 Å². The Kier molecular flexibility index (Phi) is 11.8. The van der Waals surface area contributed by atoms with E-state index in [1.54, 1.807) is 0 Å². The topological polar surface area (TPSA) is 234 Å². The number of nitrogens with two attached hydrogens (primary N) is 2. The first kappa shape index (κ1) is 28.7. The van der Waals surface area contributed by atoms with E-state index in [2.05, 4.69) is 28.6 Å². The van der Waals surface area contributed by atoms with E-state index in [1.165, 1.54) is 24.3 Å². The quantitative estimate of drug-likeness (QED) is 0.118. The summed E-state index contributed by atoms with van der Waals surface area (Å²) < 4.78 is 0. The van der Waals surface area contributed by atoms with Crippen LogP contribution < -0.4 is 27.4 Å². The maximum Gasteiger partial charge on any atom is 0.326 e. The van der Waals surface area contributed by atoms with Gasteiger partial charge in [-0.3, -0.25) is 19.2 Å². The lowest BCUT2D eigenvalue weighted by molar-refractivity contribution is -0.142. The first-order valence-corrected chi connectivity index (χ1v) is 10.8. The van der Waals surface area contributed by atoms with Gasteiger partial charge in [-0.05, 0) is 24.1 Å². The highest BCUT2D eigenvalue weighted by Crippen LogP contribution is 2.12. The van der Waals surface area contributed by atoms with Crippen molar-refractivity contribution >= 4 is 42.2 Å². The van der Waals surface area contributed by atoms with Crippen molar-refractivity contribution in [2.45, 2.75) is 43.4 Å². The second-order valence-corrected chi connectivity index (χ2v) is 7.73. The molecular formula is C20H29N5O8S. The number of phenolic OH excluding ortho intramolecular Hbond substituents is 1. The number of hydrogen-bond acceptors (Lipinski definition) is 9. The number of nitrogens with one attached hydrogen (secondary N) is 3. The maximum atomic E-state index is 12.8. The number of thiol groups is 1. The van der Waals surface area contributed by atoms with Gasteiger partial charge in [0.2, 0.25) is 23.6 Å². The van der Waals surface area contributed by atoms with Gasteiger partial charge in [0.25, 0.3) is 0 Å². The number of primary amides is 1. The summed E-state index contributed by atoms with van der Waals surface area (Å²) in [4.78, 5) is 60.2. The van der Waals surface area contributed by atoms with Gasteiger partial charge in [-0.2, -0.15) is 12.6 Å². The third kappa shape index (κ3) is 9.64. The fraction of sp³-hybridized carbons (Fsp3) is 0.450. The summed E-state index contributed by atoms with van der Waals surface area (Å²) in [6, 6.07) is 0.452. The Balaban J connectivity index is 2.95. The number of phenols is 1. The molecule has 1 rings (SSSR count). The first-order valence-electron chi connectivity index (χ1n) is 10.2. The normalized spacial score (nSPS) is 14.2. The molecule has 0 spiro atoms. The van der Waals surface area contributed by atoms with Crippen molar-refractivity contribution in [3.05, 3.63) is 29.8 Å². The number of carboxylic acids is 1. The van der Waals surface area contributed by atoms with Crippen molar-refractivity contribution in [2.24, 2.45) is 11.5 Å². The number of carboxylic acid groups (broad SMARTS) is 1. The molecule has 0 radical (unpaired) electrons. The highest BCUT2D eigenvalue weighted by Gasteiger charge is 2.30. The largest absolute Gasteiger partial charge is 0.508 e. The Bertz CT molecular complexity index is 882. The van der Waals surface area contributed by atoms with Crippen LogP contribution in [0.4, 0.5) is 0 Å². The minimum atomic E-state index is -1.38. The van der Waals surface area contributed by atoms with E-state index in [-0.39, 0.29) is 30.8 Å². The van der Waals surface area contributed by atoms with E-state index < -0.39 is 60.4 Å². The lowest BCUT2D eigenvalue weighted by Gasteiger charge is -2.24. The minimum absolute atomic E-state index is 0.0142. The van der Waals surface area contributed by atoms with Gasteiger partial charge in [-0.15, -0.1) is 0 Å². The smallest absolute Gasteiger partial charge is 0.326 e. The average molecular weight is 500 g/mol. The Morgan fingerprint density at radius 2 is 1.44 bits per heavy atom. The maximum absolute atomic E-state index is 12.8. The molecule has 0 aliphatic rings. The molecule has 4 amide bonds. The predicted octanol–water partition coefficient (Wildman–Crippen LogP) is -3.01. The van der Waals surface area contributed by atoms with Gasteiger partial charge < -0.3 is 42.7 Å². The molecule has 4 atom stereocenters. The summed E-state index contributed by atoms with van der Waals surface area (Å²) in [6.07, 6.45) is -0.643. The molecule has 188 valence electrons. The molecule has 0 saturated heterocycles. The number of aliphatic hydroxyl groups excluding tert-OH is 1. The van der Waals surface area contributed by atoms with Gasteiger partial charge in [-0.25, -0.2) is 4.79 Å². The van der Waals surface area contributed by atoms with Crippen LogP contribution in [0.2, 0.25) is 0 Å². The second-order valence-electron chi connectivity index (χ2n) is 7.37. The van der Waals surface area contributed by atoms with Gasteiger partial charge in [-0.1, -0.05) is 12.1 Å². The average Bonchev–Trinajstić information content (AvgIpc) is 2.79. The second kappa shape index (κ2) is 14.0. The number of aliphatic carboxylic acids is 1. The summed E-state index contributed by atoms with van der Waals surface area (Å²) in [5.74, 6) is -4.85. The van der Waals surface area contributed by atoms with Crippen LogP contribution in [0.25, 0.3) is 0 Å². The molecule has 0 fully saturated rings. The highest BCUT2D eigenvalue weighted by atomic mass is 32.1. The van der Waals surface area contributed by atoms with Crippen molar-refractivity contribution in [1.29, 1.82) is 0 Å². The third-order valence-electron chi connectivity index (χ3n) is 4.65. The van der Waals surface area contributed by atoms with Crippen LogP contribution in [0.15, 0.2) is 24.3 Å². The molecule has 13 nitrogen and oxygen atoms in total. The van der Waals surface area contributed by atoms with E-state index in [9.17, 15) is 34.2 Å². The molecule has 4 unspecified atom stereocenters. The number of carbonyl (C=O) groups is 5. The van der Waals surface area contributed by atoms with Gasteiger partial charge in [0, 0.05) is 18.6 Å². The Morgan fingerprint density at radius 1 is 0.912 bits per heavy atom. The first-order chi connectivity index (χ1) is 16.0. The minimum Gasteiger partial charge on any atom is -0.508 e. The van der Waals surface area contributed by atoms with Gasteiger partial charge in [0.1, 0.15) is 29.9 Å². The van der Waals surface area contributed by atoms with Gasteiger partial charge in [0.15, 0.2) is 0 Å². The van der Waals surface area contributed by atoms with E-state index >= 15 is 0 Å². The Morgan fingerprint density at radius 3 is 1.94 bits per heavy atom. The summed E-state index contributed by atoms with van der Waals surface area (Å²) in [6.45, 7) is -0.659. The summed E-state index contributed by atoms with van der Waals surface area (Å²) in [5, 5.41) is 34.7. The summed E-state index contributed by atoms with van der Waals surface area (Å²) >= 11 is 3.98. The lowest BCUT2D eigenvalue weighted by Crippen LogP contribution is -2.58. The lowest BCUT2D eigenvalue weighted by atomic mass is 10.0. The van der Waals surface area contributed by atoms with Crippen molar-refractivity contribution < 1.29 is 39.3 Å². The Labute approximate surface area is 200 Å². The molecule has 34 heavy (non-hydrogen) atoms. The van der Waals surface area contributed by atoms with Crippen molar-refractivity contribution in [3.8, 4) is 5.75 Å². The van der Waals surface area contributed by atoms with E-state index in [1.807, 2.05) is 0 Å². The molecule has 0 heterocycles. The molecule has 0 bridgehead atoms. The number of carbonyl (C=O) groups excluding carboxylic acids is 4. The van der Waals surface area contributed by atoms with Crippen LogP contribution in [0.5, 0.6) is 5.75 Å². The van der Waals surface area contributed by atoms with E-state index in [0.717, 1.165) is 0 Å². The molecule has 0 aliphatic heterocycles. The molecule has 0 aromatic heterocycles. The van der Waals surface area contributed by atoms with Crippen LogP contribution in [-0.2, 0) is 30.4 Å². The van der Waals surface area contributed by atoms with Crippen LogP contribution in [-0.4, -0.2) is 81.4 Å². The van der Waals surface area contributed by atoms with Crippen molar-refractivity contribution in [2.75, 3.05) is 12.4 Å². The van der Waals surface area contributed by atoms with Crippen LogP contribution in [0.3, 0.4) is 0 Å². The number of aromatic hydroxyl groups is 1. The monoisotopic (exact) mass is 499 g/mol. The van der Waals surface area contributed by atoms with E-state index in [0.29, 0.717) is 5.56 Å². The molecule has 14 heteroatoms. The molecule has 0 aliphatic carbocycles. The van der Waals surface area contributed by atoms with Crippen LogP contribution >= 0.6 is 12.6 Å². The van der Waals surface area contributed by atoms with E-state index in [4.69, 9.17) is 16.6 Å². The highest BCUT2D eigenvalue weighted by molar-refractivity contribution is 7.80. The van der Waals surface area contributed by atoms with Crippen LogP contribution in [0.1, 0.15) is 18.4 Å². The number of benzene rings is 1. The number of aliphatic hydroxyl groups is 1. The molecule has 1 aromatic rings. The molecule has 1 aromatic carbocycles. The SMILES string of the molecule is NC(=O)CCC(NC(=O)C(CS)NC(=O)C(N)CO)C(=O)NC(Cc1ccc(O)cc1)C(=O)O. The fourth-order valence-corrected chi connectivity index (χ4v) is 2.98. The van der Waals surface area contributed by atoms with Crippen molar-refractivity contribution in [3.63, 3.8) is 0 Å².